The van der Waals surface area contributed by atoms with Crippen molar-refractivity contribution in [3.8, 4) is 5.75 Å². The summed E-state index contributed by atoms with van der Waals surface area (Å²) in [5.74, 6) is 0.715. The summed E-state index contributed by atoms with van der Waals surface area (Å²) in [7, 11) is 0. The Morgan fingerprint density at radius 3 is 2.15 bits per heavy atom. The maximum absolute atomic E-state index is 12.3. The molecule has 0 saturated carbocycles. The largest absolute Gasteiger partial charge is 0.485 e. The molecule has 0 aliphatic heterocycles. The van der Waals surface area contributed by atoms with Crippen LogP contribution in [-0.2, 0) is 0 Å². The van der Waals surface area contributed by atoms with E-state index in [0.717, 1.165) is 21.2 Å². The number of ketones is 1. The van der Waals surface area contributed by atoms with Crippen LogP contribution < -0.4 is 4.74 Å². The average molecular weight is 333 g/mol. The van der Waals surface area contributed by atoms with Gasteiger partial charge in [-0.05, 0) is 56.2 Å². The van der Waals surface area contributed by atoms with Gasteiger partial charge in [-0.1, -0.05) is 33.6 Å². The molecule has 0 fully saturated rings. The number of Topliss-reactive ketones (excluding diaryl/α,β-unsaturated/α-hetero) is 1. The Balaban J connectivity index is 2.11. The fourth-order valence-corrected chi connectivity index (χ4v) is 2.64. The van der Waals surface area contributed by atoms with Crippen molar-refractivity contribution in [3.63, 3.8) is 0 Å². The van der Waals surface area contributed by atoms with Crippen molar-refractivity contribution in [2.45, 2.75) is 20.8 Å². The molecule has 20 heavy (non-hydrogen) atoms. The number of hydrogen-bond acceptors (Lipinski definition) is 2. The third kappa shape index (κ3) is 3.48. The molecule has 2 nitrogen and oxygen atoms in total. The highest BCUT2D eigenvalue weighted by Gasteiger charge is 2.13. The zero-order valence-electron chi connectivity index (χ0n) is 11.9. The zero-order chi connectivity index (χ0) is 14.7. The number of aryl methyl sites for hydroxylation is 3. The summed E-state index contributed by atoms with van der Waals surface area (Å²) in [5, 5.41) is 0. The second-order valence-corrected chi connectivity index (χ2v) is 5.86. The highest BCUT2D eigenvalue weighted by Crippen LogP contribution is 2.19. The molecule has 0 atom stereocenters. The maximum atomic E-state index is 12.3. The number of carbonyl (C=O) groups excluding carboxylic acids is 1. The SMILES string of the molecule is Cc1cc(C)c(C(=O)COc2ccc(Br)cc2)c(C)c1. The van der Waals surface area contributed by atoms with E-state index in [1.165, 1.54) is 5.56 Å². The van der Waals surface area contributed by atoms with Gasteiger partial charge in [-0.15, -0.1) is 0 Å². The standard InChI is InChI=1S/C17H17BrO2/c1-11-8-12(2)17(13(3)9-11)16(19)10-20-15-6-4-14(18)5-7-15/h4-9H,10H2,1-3H3. The Morgan fingerprint density at radius 2 is 1.60 bits per heavy atom. The second-order valence-electron chi connectivity index (χ2n) is 4.94. The summed E-state index contributed by atoms with van der Waals surface area (Å²) >= 11 is 3.37. The Bertz CT molecular complexity index is 607. The molecule has 0 amide bonds. The van der Waals surface area contributed by atoms with E-state index in [-0.39, 0.29) is 12.4 Å². The molecule has 0 aliphatic rings. The van der Waals surface area contributed by atoms with Gasteiger partial charge in [0.25, 0.3) is 0 Å². The van der Waals surface area contributed by atoms with E-state index in [1.54, 1.807) is 0 Å². The molecule has 2 aromatic carbocycles. The topological polar surface area (TPSA) is 26.3 Å². The van der Waals surface area contributed by atoms with Crippen LogP contribution in [0.5, 0.6) is 5.75 Å². The van der Waals surface area contributed by atoms with Gasteiger partial charge in [0.2, 0.25) is 5.78 Å². The van der Waals surface area contributed by atoms with Crippen LogP contribution in [-0.4, -0.2) is 12.4 Å². The van der Waals surface area contributed by atoms with E-state index in [2.05, 4.69) is 15.9 Å². The van der Waals surface area contributed by atoms with Crippen LogP contribution in [0.15, 0.2) is 40.9 Å². The van der Waals surface area contributed by atoms with E-state index >= 15 is 0 Å². The lowest BCUT2D eigenvalue weighted by molar-refractivity contribution is 0.0920. The average Bonchev–Trinajstić information content (AvgIpc) is 2.37. The molecule has 0 saturated heterocycles. The van der Waals surface area contributed by atoms with E-state index in [4.69, 9.17) is 4.74 Å². The minimum atomic E-state index is 0.0166. The molecular weight excluding hydrogens is 316 g/mol. The van der Waals surface area contributed by atoms with Gasteiger partial charge in [0, 0.05) is 10.0 Å². The van der Waals surface area contributed by atoms with E-state index in [9.17, 15) is 4.79 Å². The van der Waals surface area contributed by atoms with Gasteiger partial charge in [-0.3, -0.25) is 4.79 Å². The van der Waals surface area contributed by atoms with Crippen LogP contribution in [0.4, 0.5) is 0 Å². The second kappa shape index (κ2) is 6.23. The first kappa shape index (κ1) is 14.8. The van der Waals surface area contributed by atoms with Crippen molar-refractivity contribution in [2.24, 2.45) is 0 Å². The van der Waals surface area contributed by atoms with E-state index in [1.807, 2.05) is 57.2 Å². The van der Waals surface area contributed by atoms with Gasteiger partial charge in [0.15, 0.2) is 6.61 Å². The van der Waals surface area contributed by atoms with Crippen LogP contribution in [0.1, 0.15) is 27.0 Å². The third-order valence-corrected chi connectivity index (χ3v) is 3.67. The molecular formula is C17H17BrO2. The van der Waals surface area contributed by atoms with Crippen molar-refractivity contribution >= 4 is 21.7 Å². The van der Waals surface area contributed by atoms with Crippen LogP contribution in [0, 0.1) is 20.8 Å². The molecule has 0 aliphatic carbocycles. The minimum Gasteiger partial charge on any atom is -0.485 e. The molecule has 0 bridgehead atoms. The number of benzene rings is 2. The summed E-state index contributed by atoms with van der Waals surface area (Å²) < 4.78 is 6.53. The molecule has 0 aromatic heterocycles. The van der Waals surface area contributed by atoms with Gasteiger partial charge in [0.05, 0.1) is 0 Å². The Labute approximate surface area is 127 Å². The van der Waals surface area contributed by atoms with Gasteiger partial charge in [-0.2, -0.15) is 0 Å². The smallest absolute Gasteiger partial charge is 0.200 e. The Hall–Kier alpha value is -1.61. The van der Waals surface area contributed by atoms with Crippen molar-refractivity contribution in [3.05, 3.63) is 63.1 Å². The predicted octanol–water partition coefficient (Wildman–Crippen LogP) is 4.64. The normalized spacial score (nSPS) is 10.4. The summed E-state index contributed by atoms with van der Waals surface area (Å²) in [5.41, 5.74) is 3.96. The molecule has 0 unspecified atom stereocenters. The van der Waals surface area contributed by atoms with Gasteiger partial charge in [0.1, 0.15) is 5.75 Å². The number of halogens is 1. The van der Waals surface area contributed by atoms with Crippen LogP contribution in [0.25, 0.3) is 0 Å². The number of carbonyl (C=O) groups is 1. The summed E-state index contributed by atoms with van der Waals surface area (Å²) in [4.78, 5) is 12.3. The van der Waals surface area contributed by atoms with Gasteiger partial charge >= 0.3 is 0 Å². The van der Waals surface area contributed by atoms with Gasteiger partial charge < -0.3 is 4.74 Å². The fourth-order valence-electron chi connectivity index (χ4n) is 2.37. The van der Waals surface area contributed by atoms with E-state index < -0.39 is 0 Å². The van der Waals surface area contributed by atoms with Gasteiger partial charge in [-0.25, -0.2) is 0 Å². The number of ether oxygens (including phenoxy) is 1. The molecule has 2 rings (SSSR count). The molecule has 0 N–H and O–H groups in total. The lowest BCUT2D eigenvalue weighted by Gasteiger charge is -2.11. The Morgan fingerprint density at radius 1 is 1.05 bits per heavy atom. The first-order chi connectivity index (χ1) is 9.47. The first-order valence-electron chi connectivity index (χ1n) is 6.47. The molecule has 3 heteroatoms. The lowest BCUT2D eigenvalue weighted by Crippen LogP contribution is -2.14. The molecule has 0 spiro atoms. The fraction of sp³-hybridized carbons (Fsp3) is 0.235. The maximum Gasteiger partial charge on any atom is 0.200 e. The minimum absolute atomic E-state index is 0.0166. The van der Waals surface area contributed by atoms with Crippen molar-refractivity contribution in [1.29, 1.82) is 0 Å². The van der Waals surface area contributed by atoms with Crippen molar-refractivity contribution in [2.75, 3.05) is 6.61 Å². The molecule has 0 heterocycles. The molecule has 2 aromatic rings. The monoisotopic (exact) mass is 332 g/mol. The first-order valence-corrected chi connectivity index (χ1v) is 7.26. The lowest BCUT2D eigenvalue weighted by atomic mass is 9.97. The Kier molecular flexibility index (Phi) is 4.61. The van der Waals surface area contributed by atoms with Crippen molar-refractivity contribution < 1.29 is 9.53 Å². The highest BCUT2D eigenvalue weighted by molar-refractivity contribution is 9.10. The van der Waals surface area contributed by atoms with Crippen LogP contribution in [0.2, 0.25) is 0 Å². The van der Waals surface area contributed by atoms with Crippen LogP contribution >= 0.6 is 15.9 Å². The van der Waals surface area contributed by atoms with Crippen LogP contribution in [0.3, 0.4) is 0 Å². The number of rotatable bonds is 4. The molecule has 104 valence electrons. The number of hydrogen-bond donors (Lipinski definition) is 0. The summed E-state index contributed by atoms with van der Waals surface area (Å²) in [6.07, 6.45) is 0. The summed E-state index contributed by atoms with van der Waals surface area (Å²) in [6.45, 7) is 6.03. The van der Waals surface area contributed by atoms with E-state index in [0.29, 0.717) is 5.75 Å². The zero-order valence-corrected chi connectivity index (χ0v) is 13.5. The predicted molar refractivity (Wildman–Crippen MR) is 84.6 cm³/mol. The summed E-state index contributed by atoms with van der Waals surface area (Å²) in [6, 6.07) is 11.5. The van der Waals surface area contributed by atoms with Crippen molar-refractivity contribution in [1.82, 2.24) is 0 Å². The molecule has 0 radical (unpaired) electrons. The third-order valence-electron chi connectivity index (χ3n) is 3.14. The quantitative estimate of drug-likeness (QED) is 0.762. The highest BCUT2D eigenvalue weighted by atomic mass is 79.9.